The van der Waals surface area contributed by atoms with Crippen LogP contribution in [0.5, 0.6) is 0 Å². The van der Waals surface area contributed by atoms with Crippen LogP contribution in [0.15, 0.2) is 6.20 Å². The quantitative estimate of drug-likeness (QED) is 0.785. The highest BCUT2D eigenvalue weighted by atomic mass is 16.2. The van der Waals surface area contributed by atoms with Gasteiger partial charge in [0.05, 0.1) is 11.1 Å². The van der Waals surface area contributed by atoms with E-state index in [1.165, 1.54) is 18.5 Å². The van der Waals surface area contributed by atoms with Crippen LogP contribution in [0.25, 0.3) is 11.0 Å². The summed E-state index contributed by atoms with van der Waals surface area (Å²) in [5.74, 6) is -0.269. The standard InChI is InChI=1S/C10H11N5O2/c1-5-8-4-15(7(3)17)14-9(8)13-10(11-5)12-6(2)16/h4H,1-3H3,(H,12,13,14,16). The molecule has 0 bridgehead atoms. The summed E-state index contributed by atoms with van der Waals surface area (Å²) in [7, 11) is 0. The fraction of sp³-hybridized carbons (Fsp3) is 0.300. The SMILES string of the molecule is CC(=O)Nc1nc(C)c2cn(C(C)=O)nc2n1. The molecular weight excluding hydrogens is 222 g/mol. The number of aryl methyl sites for hydroxylation is 1. The van der Waals surface area contributed by atoms with Gasteiger partial charge in [-0.15, -0.1) is 5.10 Å². The lowest BCUT2D eigenvalue weighted by Crippen LogP contribution is -2.10. The predicted octanol–water partition coefficient (Wildman–Crippen LogP) is 0.753. The van der Waals surface area contributed by atoms with E-state index in [2.05, 4.69) is 20.4 Å². The molecule has 17 heavy (non-hydrogen) atoms. The van der Waals surface area contributed by atoms with Gasteiger partial charge in [-0.2, -0.15) is 4.98 Å². The molecule has 2 aromatic rings. The molecule has 0 aliphatic carbocycles. The van der Waals surface area contributed by atoms with Crippen molar-refractivity contribution in [2.45, 2.75) is 20.8 Å². The second kappa shape index (κ2) is 3.93. The Hall–Kier alpha value is -2.31. The lowest BCUT2D eigenvalue weighted by atomic mass is 10.3. The van der Waals surface area contributed by atoms with Crippen LogP contribution in [-0.4, -0.2) is 31.6 Å². The van der Waals surface area contributed by atoms with Crippen LogP contribution in [0.1, 0.15) is 24.3 Å². The molecule has 7 nitrogen and oxygen atoms in total. The number of nitrogens with zero attached hydrogens (tertiary/aromatic N) is 4. The predicted molar refractivity (Wildman–Crippen MR) is 60.7 cm³/mol. The maximum absolute atomic E-state index is 11.2. The number of aromatic nitrogens is 4. The third-order valence-corrected chi connectivity index (χ3v) is 2.18. The number of anilines is 1. The molecule has 88 valence electrons. The van der Waals surface area contributed by atoms with E-state index in [0.29, 0.717) is 16.7 Å². The fourth-order valence-corrected chi connectivity index (χ4v) is 1.42. The van der Waals surface area contributed by atoms with Crippen LogP contribution < -0.4 is 5.32 Å². The molecule has 0 saturated heterocycles. The van der Waals surface area contributed by atoms with Gasteiger partial charge in [0, 0.05) is 20.0 Å². The number of carbonyl (C=O) groups excluding carboxylic acids is 2. The third-order valence-electron chi connectivity index (χ3n) is 2.18. The van der Waals surface area contributed by atoms with E-state index >= 15 is 0 Å². The van der Waals surface area contributed by atoms with Gasteiger partial charge in [-0.3, -0.25) is 14.9 Å². The van der Waals surface area contributed by atoms with Crippen molar-refractivity contribution in [1.82, 2.24) is 19.7 Å². The lowest BCUT2D eigenvalue weighted by Gasteiger charge is -2.00. The molecule has 0 aliphatic rings. The van der Waals surface area contributed by atoms with E-state index in [-0.39, 0.29) is 17.8 Å². The highest BCUT2D eigenvalue weighted by Crippen LogP contribution is 2.15. The van der Waals surface area contributed by atoms with E-state index in [0.717, 1.165) is 0 Å². The maximum atomic E-state index is 11.2. The van der Waals surface area contributed by atoms with Crippen molar-refractivity contribution >= 4 is 28.8 Å². The van der Waals surface area contributed by atoms with Gasteiger partial charge in [0.2, 0.25) is 17.8 Å². The van der Waals surface area contributed by atoms with Crippen molar-refractivity contribution in [1.29, 1.82) is 0 Å². The fourth-order valence-electron chi connectivity index (χ4n) is 1.42. The number of fused-ring (bicyclic) bond motifs is 1. The first-order valence-corrected chi connectivity index (χ1v) is 5.00. The molecule has 0 spiro atoms. The van der Waals surface area contributed by atoms with E-state index in [1.807, 2.05) is 0 Å². The average Bonchev–Trinajstić information content (AvgIpc) is 2.60. The van der Waals surface area contributed by atoms with Crippen molar-refractivity contribution in [3.8, 4) is 0 Å². The Kier molecular flexibility index (Phi) is 2.58. The molecule has 0 saturated carbocycles. The van der Waals surface area contributed by atoms with Gasteiger partial charge < -0.3 is 0 Å². The van der Waals surface area contributed by atoms with E-state index in [4.69, 9.17) is 0 Å². The zero-order valence-corrected chi connectivity index (χ0v) is 9.68. The summed E-state index contributed by atoms with van der Waals surface area (Å²) in [6.07, 6.45) is 1.57. The Labute approximate surface area is 96.9 Å². The van der Waals surface area contributed by atoms with Crippen LogP contribution in [0.3, 0.4) is 0 Å². The molecule has 2 heterocycles. The molecule has 2 rings (SSSR count). The number of rotatable bonds is 1. The molecule has 1 N–H and O–H groups in total. The van der Waals surface area contributed by atoms with Crippen LogP contribution in [0, 0.1) is 6.92 Å². The molecule has 0 aromatic carbocycles. The van der Waals surface area contributed by atoms with Gasteiger partial charge in [-0.1, -0.05) is 0 Å². The molecule has 0 radical (unpaired) electrons. The monoisotopic (exact) mass is 233 g/mol. The van der Waals surface area contributed by atoms with Crippen molar-refractivity contribution < 1.29 is 9.59 Å². The number of nitrogens with one attached hydrogen (secondary N) is 1. The highest BCUT2D eigenvalue weighted by molar-refractivity contribution is 5.89. The molecule has 2 aromatic heterocycles. The Balaban J connectivity index is 2.56. The third kappa shape index (κ3) is 2.12. The van der Waals surface area contributed by atoms with Crippen molar-refractivity contribution in [2.24, 2.45) is 0 Å². The van der Waals surface area contributed by atoms with Gasteiger partial charge >= 0.3 is 0 Å². The second-order valence-corrected chi connectivity index (χ2v) is 3.64. The van der Waals surface area contributed by atoms with Crippen molar-refractivity contribution in [2.75, 3.05) is 5.32 Å². The number of amides is 1. The van der Waals surface area contributed by atoms with Crippen LogP contribution in [0.2, 0.25) is 0 Å². The van der Waals surface area contributed by atoms with Gasteiger partial charge in [-0.05, 0) is 6.92 Å². The smallest absolute Gasteiger partial charge is 0.243 e. The van der Waals surface area contributed by atoms with Crippen molar-refractivity contribution in [3.63, 3.8) is 0 Å². The first kappa shape index (κ1) is 11.2. The van der Waals surface area contributed by atoms with Gasteiger partial charge in [0.1, 0.15) is 0 Å². The maximum Gasteiger partial charge on any atom is 0.243 e. The summed E-state index contributed by atoms with van der Waals surface area (Å²) in [4.78, 5) is 30.2. The molecule has 0 aliphatic heterocycles. The zero-order chi connectivity index (χ0) is 12.6. The highest BCUT2D eigenvalue weighted by Gasteiger charge is 2.11. The summed E-state index contributed by atoms with van der Waals surface area (Å²) >= 11 is 0. The van der Waals surface area contributed by atoms with E-state index in [9.17, 15) is 9.59 Å². The van der Waals surface area contributed by atoms with Crippen LogP contribution in [-0.2, 0) is 4.79 Å². The molecule has 1 amide bonds. The second-order valence-electron chi connectivity index (χ2n) is 3.64. The molecule has 7 heteroatoms. The van der Waals surface area contributed by atoms with E-state index < -0.39 is 0 Å². The van der Waals surface area contributed by atoms with Crippen LogP contribution in [0.4, 0.5) is 5.95 Å². The van der Waals surface area contributed by atoms with E-state index in [1.54, 1.807) is 13.1 Å². The Bertz CT molecular complexity index is 616. The summed E-state index contributed by atoms with van der Waals surface area (Å²) in [5.41, 5.74) is 1.04. The normalized spacial score (nSPS) is 10.5. The Morgan fingerprint density at radius 2 is 2.00 bits per heavy atom. The topological polar surface area (TPSA) is 89.8 Å². The zero-order valence-electron chi connectivity index (χ0n) is 9.68. The summed E-state index contributed by atoms with van der Waals surface area (Å²) in [6.45, 7) is 4.54. The minimum atomic E-state index is -0.255. The average molecular weight is 233 g/mol. The van der Waals surface area contributed by atoms with Gasteiger partial charge in [0.15, 0.2) is 5.65 Å². The Morgan fingerprint density at radius 1 is 1.29 bits per heavy atom. The minimum absolute atomic E-state index is 0.191. The molecular formula is C10H11N5O2. The lowest BCUT2D eigenvalue weighted by molar-refractivity contribution is -0.114. The molecule has 0 atom stereocenters. The number of hydrogen-bond donors (Lipinski definition) is 1. The molecule has 0 fully saturated rings. The molecule has 0 unspecified atom stereocenters. The van der Waals surface area contributed by atoms with Crippen LogP contribution >= 0.6 is 0 Å². The van der Waals surface area contributed by atoms with Gasteiger partial charge in [-0.25, -0.2) is 9.67 Å². The Morgan fingerprint density at radius 3 is 2.59 bits per heavy atom. The largest absolute Gasteiger partial charge is 0.295 e. The first-order valence-electron chi connectivity index (χ1n) is 5.00. The minimum Gasteiger partial charge on any atom is -0.295 e. The summed E-state index contributed by atoms with van der Waals surface area (Å²) in [5, 5.41) is 7.18. The van der Waals surface area contributed by atoms with Crippen molar-refractivity contribution in [3.05, 3.63) is 11.9 Å². The summed E-state index contributed by atoms with van der Waals surface area (Å²) in [6, 6.07) is 0. The van der Waals surface area contributed by atoms with Gasteiger partial charge in [0.25, 0.3) is 0 Å². The summed E-state index contributed by atoms with van der Waals surface area (Å²) < 4.78 is 1.20. The first-order chi connectivity index (χ1) is 7.97. The number of hydrogen-bond acceptors (Lipinski definition) is 5. The number of carbonyl (C=O) groups is 2.